The third-order valence-electron chi connectivity index (χ3n) is 7.83. The minimum absolute atomic E-state index is 0.0167. The molecule has 3 amide bonds. The fourth-order valence-corrected chi connectivity index (χ4v) is 5.35. The normalized spacial score (nSPS) is 14.1. The van der Waals surface area contributed by atoms with E-state index in [1.165, 1.54) is 7.11 Å². The lowest BCUT2D eigenvalue weighted by molar-refractivity contribution is -0.145. The first-order valence-electron chi connectivity index (χ1n) is 16.0. The smallest absolute Gasteiger partial charge is 0.412 e. The lowest BCUT2D eigenvalue weighted by atomic mass is 9.92. The van der Waals surface area contributed by atoms with Crippen LogP contribution in [-0.4, -0.2) is 60.6 Å². The highest BCUT2D eigenvalue weighted by atomic mass is 16.6. The predicted molar refractivity (Wildman–Crippen MR) is 179 cm³/mol. The molecule has 0 unspecified atom stereocenters. The number of amides is 3. The van der Waals surface area contributed by atoms with Gasteiger partial charge in [0, 0.05) is 31.6 Å². The lowest BCUT2D eigenvalue weighted by Crippen LogP contribution is -2.45. The minimum Gasteiger partial charge on any atom is -0.489 e. The molecule has 0 spiro atoms. The summed E-state index contributed by atoms with van der Waals surface area (Å²) in [7, 11) is 1.31. The fourth-order valence-electron chi connectivity index (χ4n) is 5.35. The fraction of sp³-hybridized carbons (Fsp3) is 0.405. The van der Waals surface area contributed by atoms with E-state index in [4.69, 9.17) is 14.2 Å². The number of nitrogens with zero attached hydrogens (tertiary/aromatic N) is 1. The van der Waals surface area contributed by atoms with Crippen LogP contribution in [-0.2, 0) is 43.3 Å². The number of rotatable bonds is 12. The number of anilines is 1. The van der Waals surface area contributed by atoms with Crippen molar-refractivity contribution in [1.29, 1.82) is 0 Å². The first-order chi connectivity index (χ1) is 22.5. The average molecular weight is 644 g/mol. The van der Waals surface area contributed by atoms with E-state index in [0.29, 0.717) is 50.4 Å². The van der Waals surface area contributed by atoms with Crippen molar-refractivity contribution in [1.82, 2.24) is 10.2 Å². The van der Waals surface area contributed by atoms with Crippen molar-refractivity contribution in [2.24, 2.45) is 5.92 Å². The number of esters is 1. The number of benzene rings is 3. The number of ether oxygens (including phenoxy) is 3. The zero-order valence-corrected chi connectivity index (χ0v) is 27.6. The molecule has 1 aliphatic rings. The van der Waals surface area contributed by atoms with Crippen LogP contribution in [0.25, 0.3) is 0 Å². The van der Waals surface area contributed by atoms with Gasteiger partial charge in [-0.2, -0.15) is 0 Å². The summed E-state index contributed by atoms with van der Waals surface area (Å²) in [5.41, 5.74) is 2.78. The molecule has 10 nitrogen and oxygen atoms in total. The van der Waals surface area contributed by atoms with E-state index in [1.807, 2.05) is 71.6 Å². The van der Waals surface area contributed by atoms with Crippen LogP contribution >= 0.6 is 0 Å². The first-order valence-corrected chi connectivity index (χ1v) is 16.0. The zero-order chi connectivity index (χ0) is 33.8. The Kier molecular flexibility index (Phi) is 12.4. The highest BCUT2D eigenvalue weighted by Gasteiger charge is 2.27. The number of hydrogen-bond donors (Lipinski definition) is 2. The van der Waals surface area contributed by atoms with Gasteiger partial charge in [0.2, 0.25) is 11.8 Å². The molecule has 0 radical (unpaired) electrons. The number of hydrogen-bond acceptors (Lipinski definition) is 7. The van der Waals surface area contributed by atoms with Crippen LogP contribution in [0.4, 0.5) is 10.5 Å². The number of piperidine rings is 1. The highest BCUT2D eigenvalue weighted by molar-refractivity contribution is 5.86. The Morgan fingerprint density at radius 2 is 1.49 bits per heavy atom. The van der Waals surface area contributed by atoms with Crippen LogP contribution in [0.15, 0.2) is 78.9 Å². The van der Waals surface area contributed by atoms with Crippen LogP contribution in [0, 0.1) is 5.92 Å². The molecular weight excluding hydrogens is 598 g/mol. The molecule has 0 bridgehead atoms. The number of methoxy groups -OCH3 is 1. The van der Waals surface area contributed by atoms with Gasteiger partial charge in [-0.05, 0) is 80.5 Å². The minimum atomic E-state index is -0.809. The van der Waals surface area contributed by atoms with E-state index in [0.717, 1.165) is 16.7 Å². The zero-order valence-electron chi connectivity index (χ0n) is 27.6. The molecule has 4 rings (SSSR count). The summed E-state index contributed by atoms with van der Waals surface area (Å²) in [6, 6.07) is 23.7. The topological polar surface area (TPSA) is 123 Å². The van der Waals surface area contributed by atoms with E-state index in [1.54, 1.807) is 32.9 Å². The molecule has 0 aromatic heterocycles. The monoisotopic (exact) mass is 643 g/mol. The van der Waals surface area contributed by atoms with Gasteiger partial charge in [0.1, 0.15) is 24.0 Å². The first kappa shape index (κ1) is 35.0. The van der Waals surface area contributed by atoms with Crippen molar-refractivity contribution in [3.63, 3.8) is 0 Å². The lowest BCUT2D eigenvalue weighted by Gasteiger charge is -2.32. The van der Waals surface area contributed by atoms with Crippen LogP contribution in [0.5, 0.6) is 5.75 Å². The molecule has 47 heavy (non-hydrogen) atoms. The van der Waals surface area contributed by atoms with Crippen molar-refractivity contribution in [3.05, 3.63) is 95.6 Å². The van der Waals surface area contributed by atoms with Gasteiger partial charge in [0.15, 0.2) is 0 Å². The largest absolute Gasteiger partial charge is 0.489 e. The van der Waals surface area contributed by atoms with Gasteiger partial charge in [-0.3, -0.25) is 14.9 Å². The Bertz CT molecular complexity index is 1480. The molecular formula is C37H45N3O7. The van der Waals surface area contributed by atoms with E-state index in [-0.39, 0.29) is 30.6 Å². The molecule has 10 heteroatoms. The summed E-state index contributed by atoms with van der Waals surface area (Å²) >= 11 is 0. The Labute approximate surface area is 276 Å². The van der Waals surface area contributed by atoms with Gasteiger partial charge in [-0.1, -0.05) is 54.6 Å². The molecule has 250 valence electrons. The maximum atomic E-state index is 13.0. The van der Waals surface area contributed by atoms with Crippen LogP contribution in [0.1, 0.15) is 56.7 Å². The summed E-state index contributed by atoms with van der Waals surface area (Å²) in [5, 5.41) is 5.55. The van der Waals surface area contributed by atoms with E-state index >= 15 is 0 Å². The maximum Gasteiger partial charge on any atom is 0.412 e. The molecule has 2 N–H and O–H groups in total. The van der Waals surface area contributed by atoms with Crippen molar-refractivity contribution in [2.75, 3.05) is 25.5 Å². The van der Waals surface area contributed by atoms with Crippen molar-refractivity contribution < 1.29 is 33.4 Å². The molecule has 1 atom stereocenters. The predicted octanol–water partition coefficient (Wildman–Crippen LogP) is 5.68. The molecule has 0 aliphatic carbocycles. The Hall–Kier alpha value is -4.86. The van der Waals surface area contributed by atoms with E-state index in [2.05, 4.69) is 10.6 Å². The van der Waals surface area contributed by atoms with E-state index in [9.17, 15) is 19.2 Å². The van der Waals surface area contributed by atoms with Gasteiger partial charge in [0.05, 0.1) is 13.5 Å². The van der Waals surface area contributed by atoms with Crippen molar-refractivity contribution in [3.8, 4) is 5.75 Å². The Morgan fingerprint density at radius 3 is 2.11 bits per heavy atom. The third-order valence-corrected chi connectivity index (χ3v) is 7.83. The second-order valence-electron chi connectivity index (χ2n) is 12.8. The quantitative estimate of drug-likeness (QED) is 0.243. The molecule has 1 aliphatic heterocycles. The number of carbonyl (C=O) groups is 4. The van der Waals surface area contributed by atoms with Crippen LogP contribution in [0.2, 0.25) is 0 Å². The van der Waals surface area contributed by atoms with Gasteiger partial charge in [-0.15, -0.1) is 0 Å². The molecule has 1 heterocycles. The summed E-state index contributed by atoms with van der Waals surface area (Å²) < 4.78 is 16.1. The van der Waals surface area contributed by atoms with Gasteiger partial charge in [-0.25, -0.2) is 9.59 Å². The van der Waals surface area contributed by atoms with Crippen molar-refractivity contribution in [2.45, 2.75) is 71.1 Å². The summed E-state index contributed by atoms with van der Waals surface area (Å²) in [5.74, 6) is 0.121. The third kappa shape index (κ3) is 11.8. The highest BCUT2D eigenvalue weighted by Crippen LogP contribution is 2.22. The Balaban J connectivity index is 1.19. The second kappa shape index (κ2) is 16.6. The van der Waals surface area contributed by atoms with Gasteiger partial charge < -0.3 is 24.4 Å². The summed E-state index contributed by atoms with van der Waals surface area (Å²) in [6.07, 6.45) is 1.68. The SMILES string of the molecule is COC(=O)[C@H](Cc1ccc(OCc2ccccc2)cc1)NC(=O)CC1CCN(C(=O)Cc2ccc(NC(=O)OC(C)(C)C)cc2)CC1. The van der Waals surface area contributed by atoms with Gasteiger partial charge in [0.25, 0.3) is 0 Å². The number of carbonyl (C=O) groups excluding carboxylic acids is 4. The van der Waals surface area contributed by atoms with E-state index < -0.39 is 23.7 Å². The summed E-state index contributed by atoms with van der Waals surface area (Å²) in [6.45, 7) is 6.98. The van der Waals surface area contributed by atoms with Crippen LogP contribution in [0.3, 0.4) is 0 Å². The molecule has 1 saturated heterocycles. The standard InChI is InChI=1S/C37H45N3O7/c1-37(2,3)47-36(44)38-30-14-10-27(11-15-30)24-34(42)40-20-18-28(19-21-40)23-33(41)39-32(35(43)45-4)22-26-12-16-31(17-13-26)46-25-29-8-6-5-7-9-29/h5-17,28,32H,18-25H2,1-4H3,(H,38,44)(H,39,41)/t32-/m0/s1. The maximum absolute atomic E-state index is 13.0. The molecule has 3 aromatic carbocycles. The molecule has 3 aromatic rings. The van der Waals surface area contributed by atoms with Gasteiger partial charge >= 0.3 is 12.1 Å². The van der Waals surface area contributed by atoms with Crippen LogP contribution < -0.4 is 15.4 Å². The number of nitrogens with one attached hydrogen (secondary N) is 2. The Morgan fingerprint density at radius 1 is 0.851 bits per heavy atom. The summed E-state index contributed by atoms with van der Waals surface area (Å²) in [4.78, 5) is 52.3. The molecule has 0 saturated carbocycles. The molecule has 1 fully saturated rings. The number of likely N-dealkylation sites (tertiary alicyclic amines) is 1. The second-order valence-corrected chi connectivity index (χ2v) is 12.8. The average Bonchev–Trinajstić information content (AvgIpc) is 3.04. The van der Waals surface area contributed by atoms with Crippen molar-refractivity contribution >= 4 is 29.6 Å².